The van der Waals surface area contributed by atoms with Gasteiger partial charge >= 0.3 is 0 Å². The fraction of sp³-hybridized carbons (Fsp3) is 0.348. The van der Waals surface area contributed by atoms with E-state index in [0.29, 0.717) is 19.0 Å². The standard InChI is InChI=1S/C23H27N5O2S/c1-3-16(14-29)10-11-24-21-20(22-27-18-8-4-5-9-19(18)31-22)15(2)26-23(28-21)25-13-17-7-6-12-30-17/h4-9,12,16,29H,3,10-11,13-14H2,1-2H3,(H2,24,25,26,28). The second kappa shape index (κ2) is 9.89. The lowest BCUT2D eigenvalue weighted by molar-refractivity contribution is 0.217. The van der Waals surface area contributed by atoms with E-state index in [2.05, 4.69) is 28.6 Å². The summed E-state index contributed by atoms with van der Waals surface area (Å²) in [6.07, 6.45) is 3.46. The average Bonchev–Trinajstić information content (AvgIpc) is 3.44. The number of aromatic nitrogens is 3. The fourth-order valence-electron chi connectivity index (χ4n) is 3.41. The molecule has 0 saturated heterocycles. The minimum atomic E-state index is 0.196. The molecule has 0 aliphatic rings. The first-order valence-electron chi connectivity index (χ1n) is 10.5. The first-order chi connectivity index (χ1) is 15.2. The van der Waals surface area contributed by atoms with Crippen LogP contribution in [0.1, 0.15) is 31.2 Å². The number of nitrogens with zero attached hydrogens (tertiary/aromatic N) is 3. The molecule has 0 radical (unpaired) electrons. The minimum Gasteiger partial charge on any atom is -0.467 e. The number of aryl methyl sites for hydroxylation is 1. The number of rotatable bonds is 10. The third-order valence-corrected chi connectivity index (χ3v) is 6.33. The first kappa shape index (κ1) is 21.3. The monoisotopic (exact) mass is 437 g/mol. The van der Waals surface area contributed by atoms with Gasteiger partial charge in [0.15, 0.2) is 0 Å². The summed E-state index contributed by atoms with van der Waals surface area (Å²) in [4.78, 5) is 14.3. The summed E-state index contributed by atoms with van der Waals surface area (Å²) in [7, 11) is 0. The van der Waals surface area contributed by atoms with Crippen molar-refractivity contribution < 1.29 is 9.52 Å². The largest absolute Gasteiger partial charge is 0.467 e. The van der Waals surface area contributed by atoms with E-state index < -0.39 is 0 Å². The lowest BCUT2D eigenvalue weighted by atomic mass is 10.0. The number of aliphatic hydroxyl groups is 1. The van der Waals surface area contributed by atoms with Crippen LogP contribution in [0.25, 0.3) is 20.8 Å². The van der Waals surface area contributed by atoms with Crippen LogP contribution < -0.4 is 10.6 Å². The van der Waals surface area contributed by atoms with E-state index in [1.807, 2.05) is 37.3 Å². The Hall–Kier alpha value is -2.97. The Labute approximate surface area is 185 Å². The zero-order chi connectivity index (χ0) is 21.6. The number of para-hydroxylation sites is 1. The van der Waals surface area contributed by atoms with Crippen LogP contribution in [-0.2, 0) is 6.54 Å². The molecule has 0 saturated carbocycles. The number of hydrogen-bond acceptors (Lipinski definition) is 8. The summed E-state index contributed by atoms with van der Waals surface area (Å²) >= 11 is 1.64. The Morgan fingerprint density at radius 3 is 2.71 bits per heavy atom. The normalized spacial score (nSPS) is 12.2. The van der Waals surface area contributed by atoms with Crippen LogP contribution in [0, 0.1) is 12.8 Å². The smallest absolute Gasteiger partial charge is 0.225 e. The number of nitrogens with one attached hydrogen (secondary N) is 2. The highest BCUT2D eigenvalue weighted by molar-refractivity contribution is 7.21. The lowest BCUT2D eigenvalue weighted by Gasteiger charge is -2.16. The summed E-state index contributed by atoms with van der Waals surface area (Å²) in [5.74, 6) is 2.38. The van der Waals surface area contributed by atoms with E-state index in [4.69, 9.17) is 14.4 Å². The highest BCUT2D eigenvalue weighted by Gasteiger charge is 2.18. The topological polar surface area (TPSA) is 96.1 Å². The van der Waals surface area contributed by atoms with Crippen molar-refractivity contribution in [2.45, 2.75) is 33.2 Å². The van der Waals surface area contributed by atoms with E-state index in [1.165, 1.54) is 0 Å². The third kappa shape index (κ3) is 5.03. The van der Waals surface area contributed by atoms with E-state index >= 15 is 0 Å². The van der Waals surface area contributed by atoms with Crippen molar-refractivity contribution in [3.8, 4) is 10.6 Å². The zero-order valence-electron chi connectivity index (χ0n) is 17.8. The molecule has 3 heterocycles. The molecule has 4 aromatic rings. The number of anilines is 2. The third-order valence-electron chi connectivity index (χ3n) is 5.28. The molecule has 1 atom stereocenters. The predicted molar refractivity (Wildman–Crippen MR) is 125 cm³/mol. The molecule has 8 heteroatoms. The molecule has 0 bridgehead atoms. The lowest BCUT2D eigenvalue weighted by Crippen LogP contribution is -2.14. The Bertz CT molecular complexity index is 1090. The molecule has 0 aliphatic carbocycles. The molecule has 0 fully saturated rings. The summed E-state index contributed by atoms with van der Waals surface area (Å²) in [5.41, 5.74) is 2.74. The fourth-order valence-corrected chi connectivity index (χ4v) is 4.48. The molecular weight excluding hydrogens is 410 g/mol. The summed E-state index contributed by atoms with van der Waals surface area (Å²) < 4.78 is 6.53. The van der Waals surface area contributed by atoms with Gasteiger partial charge in [0, 0.05) is 13.2 Å². The predicted octanol–water partition coefficient (Wildman–Crippen LogP) is 5.09. The Balaban J connectivity index is 1.64. The average molecular weight is 438 g/mol. The van der Waals surface area contributed by atoms with Gasteiger partial charge in [-0.3, -0.25) is 0 Å². The van der Waals surface area contributed by atoms with Gasteiger partial charge in [-0.05, 0) is 43.5 Å². The number of aliphatic hydroxyl groups excluding tert-OH is 1. The van der Waals surface area contributed by atoms with E-state index in [1.54, 1.807) is 17.6 Å². The van der Waals surface area contributed by atoms with Gasteiger partial charge in [0.1, 0.15) is 16.6 Å². The Morgan fingerprint density at radius 2 is 1.97 bits per heavy atom. The highest BCUT2D eigenvalue weighted by atomic mass is 32.1. The first-order valence-corrected chi connectivity index (χ1v) is 11.3. The molecular formula is C23H27N5O2S. The van der Waals surface area contributed by atoms with Crippen molar-refractivity contribution in [3.05, 3.63) is 54.1 Å². The maximum absolute atomic E-state index is 9.50. The number of fused-ring (bicyclic) bond motifs is 1. The van der Waals surface area contributed by atoms with Crippen molar-refractivity contribution in [1.82, 2.24) is 15.0 Å². The van der Waals surface area contributed by atoms with Crippen molar-refractivity contribution >= 4 is 33.3 Å². The molecule has 1 aromatic carbocycles. The summed E-state index contributed by atoms with van der Waals surface area (Å²) in [5, 5.41) is 17.1. The van der Waals surface area contributed by atoms with Gasteiger partial charge in [0.05, 0.1) is 34.3 Å². The molecule has 0 aliphatic heterocycles. The number of thiazole rings is 1. The number of furan rings is 1. The molecule has 3 aromatic heterocycles. The van der Waals surface area contributed by atoms with Gasteiger partial charge in [0.2, 0.25) is 5.95 Å². The van der Waals surface area contributed by atoms with Crippen LogP contribution in [-0.4, -0.2) is 33.2 Å². The number of hydrogen-bond donors (Lipinski definition) is 3. The van der Waals surface area contributed by atoms with E-state index in [0.717, 1.165) is 50.9 Å². The Morgan fingerprint density at radius 1 is 1.10 bits per heavy atom. The molecule has 4 rings (SSSR count). The van der Waals surface area contributed by atoms with Gasteiger partial charge in [-0.15, -0.1) is 11.3 Å². The summed E-state index contributed by atoms with van der Waals surface area (Å²) in [6.45, 7) is 5.50. The van der Waals surface area contributed by atoms with E-state index in [-0.39, 0.29) is 12.5 Å². The quantitative estimate of drug-likeness (QED) is 0.318. The van der Waals surface area contributed by atoms with Crippen LogP contribution in [0.15, 0.2) is 47.1 Å². The van der Waals surface area contributed by atoms with Crippen molar-refractivity contribution in [2.24, 2.45) is 5.92 Å². The van der Waals surface area contributed by atoms with Crippen molar-refractivity contribution in [2.75, 3.05) is 23.8 Å². The zero-order valence-corrected chi connectivity index (χ0v) is 18.6. The maximum atomic E-state index is 9.50. The Kier molecular flexibility index (Phi) is 6.79. The van der Waals surface area contributed by atoms with E-state index in [9.17, 15) is 5.11 Å². The molecule has 3 N–H and O–H groups in total. The highest BCUT2D eigenvalue weighted by Crippen LogP contribution is 2.36. The van der Waals surface area contributed by atoms with Crippen LogP contribution in [0.5, 0.6) is 0 Å². The minimum absolute atomic E-state index is 0.196. The summed E-state index contributed by atoms with van der Waals surface area (Å²) in [6, 6.07) is 11.9. The van der Waals surface area contributed by atoms with Crippen LogP contribution >= 0.6 is 11.3 Å². The SMILES string of the molecule is CCC(CO)CCNc1nc(NCc2ccco2)nc(C)c1-c1nc2ccccc2s1. The molecule has 0 spiro atoms. The molecule has 162 valence electrons. The van der Waals surface area contributed by atoms with Gasteiger partial charge < -0.3 is 20.2 Å². The molecule has 1 unspecified atom stereocenters. The molecule has 31 heavy (non-hydrogen) atoms. The van der Waals surface area contributed by atoms with Gasteiger partial charge in [-0.2, -0.15) is 4.98 Å². The van der Waals surface area contributed by atoms with Crippen LogP contribution in [0.4, 0.5) is 11.8 Å². The second-order valence-electron chi connectivity index (χ2n) is 7.45. The second-order valence-corrected chi connectivity index (χ2v) is 8.48. The van der Waals surface area contributed by atoms with Crippen molar-refractivity contribution in [1.29, 1.82) is 0 Å². The molecule has 7 nitrogen and oxygen atoms in total. The van der Waals surface area contributed by atoms with Gasteiger partial charge in [-0.1, -0.05) is 25.5 Å². The van der Waals surface area contributed by atoms with Crippen molar-refractivity contribution in [3.63, 3.8) is 0 Å². The van der Waals surface area contributed by atoms with Gasteiger partial charge in [-0.25, -0.2) is 9.97 Å². The maximum Gasteiger partial charge on any atom is 0.225 e. The van der Waals surface area contributed by atoms with Crippen LogP contribution in [0.2, 0.25) is 0 Å². The van der Waals surface area contributed by atoms with Gasteiger partial charge in [0.25, 0.3) is 0 Å². The number of benzene rings is 1. The molecule has 0 amide bonds. The van der Waals surface area contributed by atoms with Crippen LogP contribution in [0.3, 0.4) is 0 Å².